The lowest BCUT2D eigenvalue weighted by Crippen LogP contribution is -2.49. The van der Waals surface area contributed by atoms with E-state index in [0.29, 0.717) is 24.7 Å². The second kappa shape index (κ2) is 6.18. The van der Waals surface area contributed by atoms with Gasteiger partial charge in [-0.2, -0.15) is 0 Å². The van der Waals surface area contributed by atoms with E-state index >= 15 is 0 Å². The van der Waals surface area contributed by atoms with Crippen LogP contribution in [0.25, 0.3) is 0 Å². The molecular weight excluding hydrogens is 252 g/mol. The molecule has 1 aromatic rings. The van der Waals surface area contributed by atoms with Gasteiger partial charge in [-0.15, -0.1) is 0 Å². The molecule has 1 aromatic carbocycles. The number of nitrogens with zero attached hydrogens (tertiary/aromatic N) is 1. The van der Waals surface area contributed by atoms with Crippen LogP contribution in [0, 0.1) is 0 Å². The van der Waals surface area contributed by atoms with Crippen molar-refractivity contribution in [2.24, 2.45) is 5.73 Å². The van der Waals surface area contributed by atoms with E-state index in [2.05, 4.69) is 0 Å². The molecule has 1 aliphatic heterocycles. The van der Waals surface area contributed by atoms with Gasteiger partial charge in [0.2, 0.25) is 5.91 Å². The van der Waals surface area contributed by atoms with Gasteiger partial charge in [-0.1, -0.05) is 29.8 Å². The largest absolute Gasteiger partial charge is 0.369 e. The first kappa shape index (κ1) is 13.3. The molecule has 0 spiro atoms. The fraction of sp³-hybridized carbons (Fsp3) is 0.462. The van der Waals surface area contributed by atoms with E-state index < -0.39 is 0 Å². The Morgan fingerprint density at radius 2 is 2.22 bits per heavy atom. The van der Waals surface area contributed by atoms with Crippen LogP contribution in [0.2, 0.25) is 5.02 Å². The summed E-state index contributed by atoms with van der Waals surface area (Å²) >= 11 is 6.12. The topological polar surface area (TPSA) is 55.6 Å². The number of ether oxygens (including phenoxy) is 1. The zero-order valence-corrected chi connectivity index (χ0v) is 10.9. The Balaban J connectivity index is 2.13. The molecule has 98 valence electrons. The van der Waals surface area contributed by atoms with E-state index in [1.807, 2.05) is 29.2 Å². The minimum atomic E-state index is -0.000352. The Morgan fingerprint density at radius 3 is 2.94 bits per heavy atom. The lowest BCUT2D eigenvalue weighted by Gasteiger charge is -2.35. The van der Waals surface area contributed by atoms with E-state index in [-0.39, 0.29) is 18.6 Å². The summed E-state index contributed by atoms with van der Waals surface area (Å²) in [6, 6.07) is 7.62. The lowest BCUT2D eigenvalue weighted by atomic mass is 10.1. The van der Waals surface area contributed by atoms with Crippen LogP contribution in [-0.2, 0) is 16.1 Å². The SMILES string of the molecule is NCCC1COCC(=O)N1Cc1ccccc1Cl. The highest BCUT2D eigenvalue weighted by atomic mass is 35.5. The van der Waals surface area contributed by atoms with Crippen LogP contribution in [0.4, 0.5) is 0 Å². The molecule has 4 nitrogen and oxygen atoms in total. The van der Waals surface area contributed by atoms with Gasteiger partial charge in [0.15, 0.2) is 0 Å². The molecule has 1 fully saturated rings. The van der Waals surface area contributed by atoms with Crippen LogP contribution in [0.15, 0.2) is 24.3 Å². The molecule has 0 aliphatic carbocycles. The summed E-state index contributed by atoms with van der Waals surface area (Å²) in [6.45, 7) is 1.76. The molecule has 0 aromatic heterocycles. The van der Waals surface area contributed by atoms with Crippen LogP contribution in [-0.4, -0.2) is 36.6 Å². The first-order valence-electron chi connectivity index (χ1n) is 6.03. The van der Waals surface area contributed by atoms with Gasteiger partial charge in [0.1, 0.15) is 6.61 Å². The summed E-state index contributed by atoms with van der Waals surface area (Å²) in [6.07, 6.45) is 0.746. The van der Waals surface area contributed by atoms with Crippen molar-refractivity contribution in [3.05, 3.63) is 34.9 Å². The number of hydrogen-bond donors (Lipinski definition) is 1. The fourth-order valence-electron chi connectivity index (χ4n) is 2.12. The van der Waals surface area contributed by atoms with Crippen molar-refractivity contribution >= 4 is 17.5 Å². The second-order valence-electron chi connectivity index (χ2n) is 4.36. The van der Waals surface area contributed by atoms with E-state index in [0.717, 1.165) is 12.0 Å². The summed E-state index contributed by atoms with van der Waals surface area (Å²) in [5.41, 5.74) is 6.53. The van der Waals surface area contributed by atoms with Crippen molar-refractivity contribution in [1.29, 1.82) is 0 Å². The van der Waals surface area contributed by atoms with Crippen molar-refractivity contribution in [2.45, 2.75) is 19.0 Å². The zero-order chi connectivity index (χ0) is 13.0. The molecule has 0 bridgehead atoms. The summed E-state index contributed by atoms with van der Waals surface area (Å²) in [4.78, 5) is 13.7. The van der Waals surface area contributed by atoms with Gasteiger partial charge in [-0.3, -0.25) is 4.79 Å². The lowest BCUT2D eigenvalue weighted by molar-refractivity contribution is -0.149. The monoisotopic (exact) mass is 268 g/mol. The van der Waals surface area contributed by atoms with Crippen molar-refractivity contribution in [1.82, 2.24) is 4.90 Å². The molecule has 1 unspecified atom stereocenters. The van der Waals surface area contributed by atoms with E-state index in [4.69, 9.17) is 22.1 Å². The molecule has 1 heterocycles. The number of benzene rings is 1. The molecule has 1 atom stereocenters. The number of halogens is 1. The van der Waals surface area contributed by atoms with Gasteiger partial charge in [0.05, 0.1) is 12.6 Å². The number of hydrogen-bond acceptors (Lipinski definition) is 3. The molecule has 2 rings (SSSR count). The van der Waals surface area contributed by atoms with Gasteiger partial charge >= 0.3 is 0 Å². The first-order valence-corrected chi connectivity index (χ1v) is 6.41. The molecule has 0 radical (unpaired) electrons. The van der Waals surface area contributed by atoms with Gasteiger partial charge < -0.3 is 15.4 Å². The van der Waals surface area contributed by atoms with E-state index in [1.54, 1.807) is 0 Å². The standard InChI is InChI=1S/C13H17ClN2O2/c14-12-4-2-1-3-10(12)7-16-11(5-6-15)8-18-9-13(16)17/h1-4,11H,5-9,15H2. The number of rotatable bonds is 4. The van der Waals surface area contributed by atoms with Gasteiger partial charge in [0.25, 0.3) is 0 Å². The maximum absolute atomic E-state index is 11.9. The Morgan fingerprint density at radius 1 is 1.44 bits per heavy atom. The summed E-state index contributed by atoms with van der Waals surface area (Å²) in [5, 5.41) is 0.684. The molecule has 1 amide bonds. The summed E-state index contributed by atoms with van der Waals surface area (Å²) in [7, 11) is 0. The van der Waals surface area contributed by atoms with Gasteiger partial charge in [0, 0.05) is 11.6 Å². The Labute approximate surface area is 112 Å². The summed E-state index contributed by atoms with van der Waals surface area (Å²) in [5.74, 6) is -0.000352. The average Bonchev–Trinajstić information content (AvgIpc) is 2.36. The summed E-state index contributed by atoms with van der Waals surface area (Å²) < 4.78 is 5.27. The average molecular weight is 269 g/mol. The highest BCUT2D eigenvalue weighted by molar-refractivity contribution is 6.31. The van der Waals surface area contributed by atoms with Crippen LogP contribution in [0.3, 0.4) is 0 Å². The molecule has 18 heavy (non-hydrogen) atoms. The van der Waals surface area contributed by atoms with Crippen LogP contribution >= 0.6 is 11.6 Å². The number of nitrogens with two attached hydrogens (primary N) is 1. The molecule has 1 saturated heterocycles. The normalized spacial score (nSPS) is 20.2. The maximum atomic E-state index is 11.9. The van der Waals surface area contributed by atoms with Crippen LogP contribution < -0.4 is 5.73 Å². The van der Waals surface area contributed by atoms with Gasteiger partial charge in [-0.05, 0) is 24.6 Å². The Bertz CT molecular complexity index is 423. The van der Waals surface area contributed by atoms with Gasteiger partial charge in [-0.25, -0.2) is 0 Å². The molecule has 2 N–H and O–H groups in total. The Hall–Kier alpha value is -1.10. The number of carbonyl (C=O) groups excluding carboxylic acids is 1. The number of amides is 1. The Kier molecular flexibility index (Phi) is 4.58. The van der Waals surface area contributed by atoms with Crippen LogP contribution in [0.1, 0.15) is 12.0 Å². The minimum Gasteiger partial charge on any atom is -0.369 e. The third-order valence-corrected chi connectivity index (χ3v) is 3.46. The molecule has 0 saturated carbocycles. The smallest absolute Gasteiger partial charge is 0.249 e. The minimum absolute atomic E-state index is 0.000352. The predicted octanol–water partition coefficient (Wildman–Crippen LogP) is 1.42. The van der Waals surface area contributed by atoms with E-state index in [9.17, 15) is 4.79 Å². The number of carbonyl (C=O) groups is 1. The zero-order valence-electron chi connectivity index (χ0n) is 10.1. The molecule has 5 heteroatoms. The maximum Gasteiger partial charge on any atom is 0.249 e. The third-order valence-electron chi connectivity index (χ3n) is 3.10. The quantitative estimate of drug-likeness (QED) is 0.898. The highest BCUT2D eigenvalue weighted by Gasteiger charge is 2.28. The second-order valence-corrected chi connectivity index (χ2v) is 4.77. The van der Waals surface area contributed by atoms with Crippen molar-refractivity contribution in [3.8, 4) is 0 Å². The highest BCUT2D eigenvalue weighted by Crippen LogP contribution is 2.20. The van der Waals surface area contributed by atoms with Crippen molar-refractivity contribution in [2.75, 3.05) is 19.8 Å². The van der Waals surface area contributed by atoms with Crippen LogP contribution in [0.5, 0.6) is 0 Å². The fourth-order valence-corrected chi connectivity index (χ4v) is 2.31. The number of morpholine rings is 1. The molecular formula is C13H17ClN2O2. The first-order chi connectivity index (χ1) is 8.72. The molecule has 1 aliphatic rings. The van der Waals surface area contributed by atoms with Crippen molar-refractivity contribution < 1.29 is 9.53 Å². The third kappa shape index (κ3) is 3.02. The predicted molar refractivity (Wildman–Crippen MR) is 70.3 cm³/mol. The van der Waals surface area contributed by atoms with Crippen molar-refractivity contribution in [3.63, 3.8) is 0 Å². The van der Waals surface area contributed by atoms with E-state index in [1.165, 1.54) is 0 Å².